The first-order valence-corrected chi connectivity index (χ1v) is 6.28. The fraction of sp³-hybridized carbons (Fsp3) is 0.167. The minimum absolute atomic E-state index is 0.0397. The van der Waals surface area contributed by atoms with Crippen molar-refractivity contribution >= 4 is 28.1 Å². The van der Waals surface area contributed by atoms with Gasteiger partial charge >= 0.3 is 0 Å². The molecule has 98 valence electrons. The SMILES string of the molecule is Cc1cnc(NC(=O)c2cccc(C)c2[N+](=O)[O-])s1. The maximum atomic E-state index is 12.1. The maximum absolute atomic E-state index is 12.1. The van der Waals surface area contributed by atoms with Crippen LogP contribution in [0.3, 0.4) is 0 Å². The van der Waals surface area contributed by atoms with Crippen LogP contribution in [-0.4, -0.2) is 15.8 Å². The molecule has 2 aromatic rings. The number of carbonyl (C=O) groups is 1. The lowest BCUT2D eigenvalue weighted by atomic mass is 10.1. The van der Waals surface area contributed by atoms with E-state index in [0.29, 0.717) is 10.7 Å². The lowest BCUT2D eigenvalue weighted by molar-refractivity contribution is -0.385. The Balaban J connectivity index is 2.34. The number of aryl methyl sites for hydroxylation is 2. The van der Waals surface area contributed by atoms with Gasteiger partial charge in [-0.1, -0.05) is 12.1 Å². The normalized spacial score (nSPS) is 10.2. The number of carbonyl (C=O) groups excluding carboxylic acids is 1. The minimum Gasteiger partial charge on any atom is -0.298 e. The fourth-order valence-electron chi connectivity index (χ4n) is 1.66. The molecule has 19 heavy (non-hydrogen) atoms. The van der Waals surface area contributed by atoms with Crippen molar-refractivity contribution in [3.63, 3.8) is 0 Å². The number of nitro groups is 1. The molecule has 0 aliphatic heterocycles. The van der Waals surface area contributed by atoms with Crippen molar-refractivity contribution in [2.24, 2.45) is 0 Å². The van der Waals surface area contributed by atoms with Gasteiger partial charge < -0.3 is 0 Å². The summed E-state index contributed by atoms with van der Waals surface area (Å²) in [5.41, 5.74) is 0.319. The van der Waals surface area contributed by atoms with Crippen LogP contribution >= 0.6 is 11.3 Å². The maximum Gasteiger partial charge on any atom is 0.285 e. The van der Waals surface area contributed by atoms with Crippen LogP contribution in [0.5, 0.6) is 0 Å². The van der Waals surface area contributed by atoms with E-state index in [-0.39, 0.29) is 11.3 Å². The Morgan fingerprint density at radius 2 is 2.16 bits per heavy atom. The van der Waals surface area contributed by atoms with E-state index in [2.05, 4.69) is 10.3 Å². The molecule has 1 aromatic heterocycles. The quantitative estimate of drug-likeness (QED) is 0.690. The molecular weight excluding hydrogens is 266 g/mol. The number of hydrogen-bond donors (Lipinski definition) is 1. The van der Waals surface area contributed by atoms with E-state index in [1.54, 1.807) is 25.3 Å². The number of rotatable bonds is 3. The molecule has 1 N–H and O–H groups in total. The second-order valence-corrected chi connectivity index (χ2v) is 5.19. The lowest BCUT2D eigenvalue weighted by Gasteiger charge is -2.04. The number of thiazole rings is 1. The van der Waals surface area contributed by atoms with Crippen LogP contribution < -0.4 is 5.32 Å². The highest BCUT2D eigenvalue weighted by molar-refractivity contribution is 7.15. The van der Waals surface area contributed by atoms with E-state index in [1.807, 2.05) is 6.92 Å². The topological polar surface area (TPSA) is 85.1 Å². The van der Waals surface area contributed by atoms with Gasteiger partial charge in [-0.05, 0) is 19.9 Å². The number of benzene rings is 1. The molecule has 2 rings (SSSR count). The van der Waals surface area contributed by atoms with Crippen molar-refractivity contribution in [2.45, 2.75) is 13.8 Å². The van der Waals surface area contributed by atoms with Crippen molar-refractivity contribution in [3.05, 3.63) is 50.5 Å². The molecule has 1 amide bonds. The van der Waals surface area contributed by atoms with Gasteiger partial charge in [0.25, 0.3) is 11.6 Å². The number of aromatic nitrogens is 1. The van der Waals surface area contributed by atoms with Crippen LogP contribution in [0.15, 0.2) is 24.4 Å². The average molecular weight is 277 g/mol. The molecule has 0 aliphatic rings. The summed E-state index contributed by atoms with van der Waals surface area (Å²) in [7, 11) is 0. The summed E-state index contributed by atoms with van der Waals surface area (Å²) >= 11 is 1.32. The summed E-state index contributed by atoms with van der Waals surface area (Å²) in [6.45, 7) is 3.46. The van der Waals surface area contributed by atoms with Crippen LogP contribution in [0.2, 0.25) is 0 Å². The van der Waals surface area contributed by atoms with Crippen molar-refractivity contribution in [2.75, 3.05) is 5.32 Å². The molecule has 0 unspecified atom stereocenters. The Hall–Kier alpha value is -2.28. The molecule has 0 fully saturated rings. The zero-order chi connectivity index (χ0) is 14.0. The summed E-state index contributed by atoms with van der Waals surface area (Å²) in [6, 6.07) is 4.65. The summed E-state index contributed by atoms with van der Waals surface area (Å²) < 4.78 is 0. The predicted molar refractivity (Wildman–Crippen MR) is 72.6 cm³/mol. The van der Waals surface area contributed by atoms with Crippen LogP contribution in [-0.2, 0) is 0 Å². The summed E-state index contributed by atoms with van der Waals surface area (Å²) in [5, 5.41) is 14.0. The third kappa shape index (κ3) is 2.76. The number of hydrogen-bond acceptors (Lipinski definition) is 5. The van der Waals surface area contributed by atoms with E-state index in [4.69, 9.17) is 0 Å². The van der Waals surface area contributed by atoms with E-state index in [0.717, 1.165) is 4.88 Å². The van der Waals surface area contributed by atoms with Gasteiger partial charge in [-0.15, -0.1) is 11.3 Å². The summed E-state index contributed by atoms with van der Waals surface area (Å²) in [6.07, 6.45) is 1.63. The summed E-state index contributed by atoms with van der Waals surface area (Å²) in [4.78, 5) is 27.5. The van der Waals surface area contributed by atoms with E-state index >= 15 is 0 Å². The number of anilines is 1. The van der Waals surface area contributed by atoms with Gasteiger partial charge in [0.15, 0.2) is 5.13 Å². The van der Waals surface area contributed by atoms with Crippen LogP contribution in [0, 0.1) is 24.0 Å². The monoisotopic (exact) mass is 277 g/mol. The Bertz CT molecular complexity index is 651. The van der Waals surface area contributed by atoms with Crippen LogP contribution in [0.25, 0.3) is 0 Å². The Labute approximate surface area is 113 Å². The highest BCUT2D eigenvalue weighted by atomic mass is 32.1. The molecule has 1 aromatic carbocycles. The molecule has 0 saturated carbocycles. The number of para-hydroxylation sites is 1. The second-order valence-electron chi connectivity index (χ2n) is 3.96. The molecule has 7 heteroatoms. The Morgan fingerprint density at radius 3 is 2.74 bits per heavy atom. The van der Waals surface area contributed by atoms with E-state index < -0.39 is 10.8 Å². The molecule has 0 radical (unpaired) electrons. The summed E-state index contributed by atoms with van der Waals surface area (Å²) in [5.74, 6) is -0.523. The molecule has 0 saturated heterocycles. The van der Waals surface area contributed by atoms with E-state index in [1.165, 1.54) is 17.4 Å². The van der Waals surface area contributed by atoms with Gasteiger partial charge in [-0.25, -0.2) is 4.98 Å². The smallest absolute Gasteiger partial charge is 0.285 e. The highest BCUT2D eigenvalue weighted by Gasteiger charge is 2.22. The molecule has 0 aliphatic carbocycles. The van der Waals surface area contributed by atoms with Gasteiger partial charge in [0.05, 0.1) is 4.92 Å². The van der Waals surface area contributed by atoms with E-state index in [9.17, 15) is 14.9 Å². The molecule has 0 spiro atoms. The molecule has 0 bridgehead atoms. The number of nitrogens with zero attached hydrogens (tertiary/aromatic N) is 2. The third-order valence-corrected chi connectivity index (χ3v) is 3.33. The van der Waals surface area contributed by atoms with Crippen LogP contribution in [0.1, 0.15) is 20.8 Å². The zero-order valence-electron chi connectivity index (χ0n) is 10.3. The highest BCUT2D eigenvalue weighted by Crippen LogP contribution is 2.25. The molecule has 0 atom stereocenters. The van der Waals surface area contributed by atoms with Crippen molar-refractivity contribution in [1.29, 1.82) is 0 Å². The first kappa shape index (κ1) is 13.2. The number of amides is 1. The second kappa shape index (κ2) is 5.15. The van der Waals surface area contributed by atoms with Crippen molar-refractivity contribution in [3.8, 4) is 0 Å². The fourth-order valence-corrected chi connectivity index (χ4v) is 2.32. The van der Waals surface area contributed by atoms with Crippen molar-refractivity contribution < 1.29 is 9.72 Å². The predicted octanol–water partition coefficient (Wildman–Crippen LogP) is 2.92. The standard InChI is InChI=1S/C12H11N3O3S/c1-7-4-3-5-9(10(7)15(17)18)11(16)14-12-13-6-8(2)19-12/h3-6H,1-2H3,(H,13,14,16). The first-order chi connectivity index (χ1) is 8.99. The van der Waals surface area contributed by atoms with Gasteiger partial charge in [-0.2, -0.15) is 0 Å². The number of nitro benzene ring substituents is 1. The Morgan fingerprint density at radius 1 is 1.42 bits per heavy atom. The van der Waals surface area contributed by atoms with Crippen LogP contribution in [0.4, 0.5) is 10.8 Å². The lowest BCUT2D eigenvalue weighted by Crippen LogP contribution is -2.14. The first-order valence-electron chi connectivity index (χ1n) is 5.47. The molecular formula is C12H11N3O3S. The molecule has 1 heterocycles. The van der Waals surface area contributed by atoms with Gasteiger partial charge in [0.2, 0.25) is 0 Å². The Kier molecular flexibility index (Phi) is 3.57. The van der Waals surface area contributed by atoms with Crippen molar-refractivity contribution in [1.82, 2.24) is 4.98 Å². The largest absolute Gasteiger partial charge is 0.298 e. The van der Waals surface area contributed by atoms with Gasteiger partial charge in [0, 0.05) is 16.6 Å². The average Bonchev–Trinajstić information content (AvgIpc) is 2.73. The zero-order valence-corrected chi connectivity index (χ0v) is 11.2. The minimum atomic E-state index is -0.544. The number of nitrogens with one attached hydrogen (secondary N) is 1. The molecule has 6 nitrogen and oxygen atoms in total. The third-order valence-electron chi connectivity index (χ3n) is 2.51. The van der Waals surface area contributed by atoms with Gasteiger partial charge in [0.1, 0.15) is 5.56 Å². The van der Waals surface area contributed by atoms with Gasteiger partial charge in [-0.3, -0.25) is 20.2 Å².